The van der Waals surface area contributed by atoms with E-state index in [9.17, 15) is 18.0 Å². The number of carbonyl (C=O) groups is 2. The summed E-state index contributed by atoms with van der Waals surface area (Å²) in [6.45, 7) is 2.34. The minimum Gasteiger partial charge on any atom is -0.494 e. The number of nitrogens with one attached hydrogen (secondary N) is 1. The van der Waals surface area contributed by atoms with E-state index in [0.29, 0.717) is 30.3 Å². The molecule has 2 amide bonds. The van der Waals surface area contributed by atoms with Crippen LogP contribution in [0.3, 0.4) is 0 Å². The molecular formula is C20H22N2O5S. The van der Waals surface area contributed by atoms with E-state index in [1.807, 2.05) is 31.2 Å². The Kier molecular flexibility index (Phi) is 5.99. The van der Waals surface area contributed by atoms with Gasteiger partial charge in [0.2, 0.25) is 5.91 Å². The minimum atomic E-state index is -3.97. The molecule has 3 rings (SSSR count). The molecule has 0 unspecified atom stereocenters. The predicted octanol–water partition coefficient (Wildman–Crippen LogP) is 1.98. The normalized spacial score (nSPS) is 14.6. The van der Waals surface area contributed by atoms with Gasteiger partial charge in [-0.2, -0.15) is 0 Å². The van der Waals surface area contributed by atoms with E-state index >= 15 is 0 Å². The first-order valence-electron chi connectivity index (χ1n) is 9.08. The minimum absolute atomic E-state index is 0.0552. The molecule has 0 saturated heterocycles. The van der Waals surface area contributed by atoms with Gasteiger partial charge in [-0.25, -0.2) is 12.7 Å². The summed E-state index contributed by atoms with van der Waals surface area (Å²) in [7, 11) is -3.97. The summed E-state index contributed by atoms with van der Waals surface area (Å²) in [5.41, 5.74) is 1.15. The SMILES string of the molecule is CCOc1ccccc1CCCNC(=O)CN1C(=O)c2ccccc2S1(=O)=O. The van der Waals surface area contributed by atoms with Crippen LogP contribution >= 0.6 is 0 Å². The summed E-state index contributed by atoms with van der Waals surface area (Å²) in [6, 6.07) is 13.7. The Morgan fingerprint density at radius 1 is 1.11 bits per heavy atom. The third-order valence-electron chi connectivity index (χ3n) is 4.42. The van der Waals surface area contributed by atoms with Crippen LogP contribution in [0.5, 0.6) is 5.75 Å². The third kappa shape index (κ3) is 4.01. The van der Waals surface area contributed by atoms with E-state index in [4.69, 9.17) is 4.74 Å². The fourth-order valence-electron chi connectivity index (χ4n) is 3.09. The Morgan fingerprint density at radius 3 is 2.57 bits per heavy atom. The predicted molar refractivity (Wildman–Crippen MR) is 104 cm³/mol. The highest BCUT2D eigenvalue weighted by Crippen LogP contribution is 2.29. The van der Waals surface area contributed by atoms with E-state index in [-0.39, 0.29) is 10.5 Å². The summed E-state index contributed by atoms with van der Waals surface area (Å²) in [5.74, 6) is -0.359. The van der Waals surface area contributed by atoms with Crippen LogP contribution in [0.25, 0.3) is 0 Å². The van der Waals surface area contributed by atoms with Gasteiger partial charge in [0.25, 0.3) is 15.9 Å². The molecule has 1 aliphatic rings. The van der Waals surface area contributed by atoms with Gasteiger partial charge < -0.3 is 10.1 Å². The number of aryl methyl sites for hydroxylation is 1. The number of sulfonamides is 1. The second-order valence-corrected chi connectivity index (χ2v) is 8.14. The maximum absolute atomic E-state index is 12.5. The van der Waals surface area contributed by atoms with Crippen molar-refractivity contribution in [3.05, 3.63) is 59.7 Å². The first-order chi connectivity index (χ1) is 13.4. The molecule has 1 heterocycles. The summed E-state index contributed by atoms with van der Waals surface area (Å²) < 4.78 is 31.1. The fraction of sp³-hybridized carbons (Fsp3) is 0.300. The molecule has 28 heavy (non-hydrogen) atoms. The van der Waals surface area contributed by atoms with Gasteiger partial charge in [0.1, 0.15) is 17.2 Å². The molecule has 0 bridgehead atoms. The van der Waals surface area contributed by atoms with Crippen LogP contribution in [0.4, 0.5) is 0 Å². The maximum atomic E-state index is 12.5. The molecule has 2 aromatic carbocycles. The molecule has 0 aliphatic carbocycles. The van der Waals surface area contributed by atoms with Crippen LogP contribution in [0.15, 0.2) is 53.4 Å². The lowest BCUT2D eigenvalue weighted by Crippen LogP contribution is -2.40. The maximum Gasteiger partial charge on any atom is 0.269 e. The van der Waals surface area contributed by atoms with E-state index in [2.05, 4.69) is 5.32 Å². The van der Waals surface area contributed by atoms with Gasteiger partial charge in [-0.15, -0.1) is 0 Å². The van der Waals surface area contributed by atoms with E-state index in [1.165, 1.54) is 12.1 Å². The van der Waals surface area contributed by atoms with E-state index < -0.39 is 28.4 Å². The molecule has 1 aliphatic heterocycles. The zero-order valence-electron chi connectivity index (χ0n) is 15.6. The lowest BCUT2D eigenvalue weighted by Gasteiger charge is -2.15. The number of nitrogens with zero attached hydrogens (tertiary/aromatic N) is 1. The van der Waals surface area contributed by atoms with Crippen LogP contribution in [0.2, 0.25) is 0 Å². The number of carbonyl (C=O) groups excluding carboxylic acids is 2. The van der Waals surface area contributed by atoms with Crippen molar-refractivity contribution in [2.45, 2.75) is 24.7 Å². The van der Waals surface area contributed by atoms with E-state index in [1.54, 1.807) is 12.1 Å². The smallest absolute Gasteiger partial charge is 0.269 e. The highest BCUT2D eigenvalue weighted by molar-refractivity contribution is 7.90. The molecule has 7 nitrogen and oxygen atoms in total. The molecule has 0 aromatic heterocycles. The first-order valence-corrected chi connectivity index (χ1v) is 10.5. The van der Waals surface area contributed by atoms with Crippen molar-refractivity contribution in [1.29, 1.82) is 0 Å². The van der Waals surface area contributed by atoms with Crippen molar-refractivity contribution >= 4 is 21.8 Å². The topological polar surface area (TPSA) is 92.8 Å². The highest BCUT2D eigenvalue weighted by atomic mass is 32.2. The highest BCUT2D eigenvalue weighted by Gasteiger charge is 2.41. The molecule has 2 aromatic rings. The lowest BCUT2D eigenvalue weighted by atomic mass is 10.1. The molecule has 0 spiro atoms. The summed E-state index contributed by atoms with van der Waals surface area (Å²) in [4.78, 5) is 24.4. The summed E-state index contributed by atoms with van der Waals surface area (Å²) in [6.07, 6.45) is 1.37. The van der Waals surface area contributed by atoms with Crippen LogP contribution in [0.1, 0.15) is 29.3 Å². The van der Waals surface area contributed by atoms with Crippen molar-refractivity contribution in [1.82, 2.24) is 9.62 Å². The van der Waals surface area contributed by atoms with Gasteiger partial charge in [0.15, 0.2) is 0 Å². The average Bonchev–Trinajstić information content (AvgIpc) is 2.88. The Bertz CT molecular complexity index is 988. The van der Waals surface area contributed by atoms with Gasteiger partial charge in [-0.05, 0) is 43.5 Å². The van der Waals surface area contributed by atoms with Gasteiger partial charge in [-0.3, -0.25) is 9.59 Å². The Hall–Kier alpha value is -2.87. The summed E-state index contributed by atoms with van der Waals surface area (Å²) in [5, 5.41) is 2.68. The Morgan fingerprint density at radius 2 is 1.82 bits per heavy atom. The fourth-order valence-corrected chi connectivity index (χ4v) is 4.61. The number of hydrogen-bond donors (Lipinski definition) is 1. The molecule has 0 radical (unpaired) electrons. The molecular weight excluding hydrogens is 380 g/mol. The quantitative estimate of drug-likeness (QED) is 0.682. The van der Waals surface area contributed by atoms with Gasteiger partial charge >= 0.3 is 0 Å². The van der Waals surface area contributed by atoms with Crippen LogP contribution in [0, 0.1) is 0 Å². The monoisotopic (exact) mass is 402 g/mol. The standard InChI is InChI=1S/C20H22N2O5S/c1-2-27-17-11-5-3-8-15(17)9-7-13-21-19(23)14-22-20(24)16-10-4-6-12-18(16)28(22,25)26/h3-6,8,10-12H,2,7,9,13-14H2,1H3,(H,21,23). The van der Waals surface area contributed by atoms with Crippen molar-refractivity contribution < 1.29 is 22.7 Å². The Labute approximate surface area is 164 Å². The summed E-state index contributed by atoms with van der Waals surface area (Å²) >= 11 is 0. The molecule has 8 heteroatoms. The zero-order valence-corrected chi connectivity index (χ0v) is 16.4. The number of benzene rings is 2. The first kappa shape index (κ1) is 19.9. The second kappa shape index (κ2) is 8.43. The van der Waals surface area contributed by atoms with Crippen LogP contribution in [-0.4, -0.2) is 44.2 Å². The average molecular weight is 402 g/mol. The van der Waals surface area contributed by atoms with Crippen LogP contribution < -0.4 is 10.1 Å². The third-order valence-corrected chi connectivity index (χ3v) is 6.20. The Balaban J connectivity index is 1.53. The van der Waals surface area contributed by atoms with Gasteiger partial charge in [0.05, 0.1) is 12.2 Å². The van der Waals surface area contributed by atoms with Gasteiger partial charge in [0, 0.05) is 6.54 Å². The number of para-hydroxylation sites is 1. The molecule has 0 fully saturated rings. The molecule has 0 atom stereocenters. The van der Waals surface area contributed by atoms with Crippen LogP contribution in [-0.2, 0) is 21.2 Å². The zero-order chi connectivity index (χ0) is 20.1. The number of amides is 2. The van der Waals surface area contributed by atoms with Crippen molar-refractivity contribution in [2.24, 2.45) is 0 Å². The number of hydrogen-bond acceptors (Lipinski definition) is 5. The molecule has 1 N–H and O–H groups in total. The number of fused-ring (bicyclic) bond motifs is 1. The number of rotatable bonds is 8. The lowest BCUT2D eigenvalue weighted by molar-refractivity contribution is -0.121. The van der Waals surface area contributed by atoms with Gasteiger partial charge in [-0.1, -0.05) is 30.3 Å². The number of ether oxygens (including phenoxy) is 1. The molecule has 148 valence electrons. The van der Waals surface area contributed by atoms with Crippen molar-refractivity contribution in [3.8, 4) is 5.75 Å². The van der Waals surface area contributed by atoms with Crippen molar-refractivity contribution in [3.63, 3.8) is 0 Å². The molecule has 0 saturated carbocycles. The van der Waals surface area contributed by atoms with Crippen molar-refractivity contribution in [2.75, 3.05) is 19.7 Å². The van der Waals surface area contributed by atoms with E-state index in [0.717, 1.165) is 11.3 Å². The second-order valence-electron chi connectivity index (χ2n) is 6.31. The largest absolute Gasteiger partial charge is 0.494 e.